The predicted molar refractivity (Wildman–Crippen MR) is 76.5 cm³/mol. The Labute approximate surface area is 124 Å². The maximum Gasteiger partial charge on any atom is 0.175 e. The lowest BCUT2D eigenvalue weighted by Gasteiger charge is -2.35. The molecule has 19 heavy (non-hydrogen) atoms. The number of hydrogen-bond donors (Lipinski definition) is 1. The lowest BCUT2D eigenvalue weighted by Crippen LogP contribution is -2.42. The van der Waals surface area contributed by atoms with E-state index >= 15 is 0 Å². The Balaban J connectivity index is 2.18. The van der Waals surface area contributed by atoms with Gasteiger partial charge in [0.05, 0.1) is 12.7 Å². The fourth-order valence-corrected chi connectivity index (χ4v) is 4.26. The summed E-state index contributed by atoms with van der Waals surface area (Å²) >= 11 is 4.12. The van der Waals surface area contributed by atoms with E-state index in [1.165, 1.54) is 17.8 Å². The molecule has 2 aliphatic heterocycles. The quantitative estimate of drug-likeness (QED) is 0.783. The van der Waals surface area contributed by atoms with E-state index in [9.17, 15) is 4.39 Å². The molecule has 3 rings (SSSR count). The van der Waals surface area contributed by atoms with Crippen LogP contribution in [0.5, 0.6) is 0 Å². The molecule has 0 bridgehead atoms. The molecule has 0 aliphatic carbocycles. The molecule has 98 valence electrons. The van der Waals surface area contributed by atoms with Gasteiger partial charge in [0.15, 0.2) is 21.5 Å². The van der Waals surface area contributed by atoms with Crippen molar-refractivity contribution in [1.29, 1.82) is 0 Å². The van der Waals surface area contributed by atoms with Crippen molar-refractivity contribution in [2.24, 2.45) is 16.6 Å². The summed E-state index contributed by atoms with van der Waals surface area (Å²) < 4.78 is 21.0. The van der Waals surface area contributed by atoms with Gasteiger partial charge >= 0.3 is 0 Å². The predicted octanol–water partition coefficient (Wildman–Crippen LogP) is 0.911. The zero-order valence-corrected chi connectivity index (χ0v) is 12.6. The number of nitrogens with zero attached hydrogens (tertiary/aromatic N) is 1. The summed E-state index contributed by atoms with van der Waals surface area (Å²) in [6.45, 7) is 2.41. The number of benzene rings is 1. The van der Waals surface area contributed by atoms with Crippen LogP contribution in [0.25, 0.3) is 0 Å². The zero-order valence-electron chi connectivity index (χ0n) is 10.6. The minimum absolute atomic E-state index is 0.0666. The molecular weight excluding hydrogens is 278 g/mol. The third-order valence-electron chi connectivity index (χ3n) is 3.92. The van der Waals surface area contributed by atoms with E-state index < -0.39 is 5.54 Å². The maximum atomic E-state index is 14.3. The van der Waals surface area contributed by atoms with E-state index in [1.54, 1.807) is 6.07 Å². The number of nitrogens with two attached hydrogens (primary N) is 1. The Kier molecular flexibility index (Phi) is 3.38. The fourth-order valence-electron chi connectivity index (χ4n) is 2.87. The van der Waals surface area contributed by atoms with Crippen molar-refractivity contribution in [3.63, 3.8) is 0 Å². The van der Waals surface area contributed by atoms with Gasteiger partial charge in [-0.05, 0) is 13.0 Å². The van der Waals surface area contributed by atoms with Gasteiger partial charge in [0.2, 0.25) is 0 Å². The number of hydrogen-bond acceptors (Lipinski definition) is 4. The van der Waals surface area contributed by atoms with Crippen LogP contribution >= 0.6 is 11.8 Å². The van der Waals surface area contributed by atoms with Gasteiger partial charge in [-0.15, -0.1) is 4.43 Å². The van der Waals surface area contributed by atoms with Gasteiger partial charge < -0.3 is 10.5 Å². The lowest BCUT2D eigenvalue weighted by atomic mass is 9.79. The second-order valence-electron chi connectivity index (χ2n) is 5.05. The fraction of sp³-hybridized carbons (Fsp3) is 0.462. The average Bonchev–Trinajstić information content (AvgIpc) is 2.70. The van der Waals surface area contributed by atoms with E-state index in [0.29, 0.717) is 17.3 Å². The van der Waals surface area contributed by atoms with Crippen LogP contribution in [0.2, 0.25) is 0 Å². The Hall–Kier alpha value is -0.538. The van der Waals surface area contributed by atoms with Crippen LogP contribution in [0.3, 0.4) is 0 Å². The van der Waals surface area contributed by atoms with Crippen molar-refractivity contribution >= 4 is 37.6 Å². The first-order valence-corrected chi connectivity index (χ1v) is 7.74. The van der Waals surface area contributed by atoms with Crippen molar-refractivity contribution in [3.8, 4) is 0 Å². The molecule has 0 saturated carbocycles. The molecular formula is C13H14AlFN2OS. The monoisotopic (exact) mass is 292 g/mol. The summed E-state index contributed by atoms with van der Waals surface area (Å²) in [4.78, 5) is 4.58. The highest BCUT2D eigenvalue weighted by molar-refractivity contribution is 8.13. The molecule has 1 aromatic carbocycles. The van der Waals surface area contributed by atoms with Crippen LogP contribution in [-0.2, 0) is 10.3 Å². The summed E-state index contributed by atoms with van der Waals surface area (Å²) in [6.07, 6.45) is 0.0666. The van der Waals surface area contributed by atoms with E-state index in [0.717, 1.165) is 10.2 Å². The zero-order chi connectivity index (χ0) is 13.6. The summed E-state index contributed by atoms with van der Waals surface area (Å²) in [5.41, 5.74) is 5.81. The Morgan fingerprint density at radius 2 is 2.37 bits per heavy atom. The number of aliphatic imine (C=N–C) groups is 1. The molecule has 2 radical (unpaired) electrons. The molecule has 0 unspecified atom stereocenters. The molecule has 1 aromatic rings. The van der Waals surface area contributed by atoms with Crippen molar-refractivity contribution in [2.45, 2.75) is 18.6 Å². The molecule has 6 heteroatoms. The number of rotatable bonds is 1. The standard InChI is InChI=1S/C13H14FN2OS.Al/c1-8-10-6-18-12(15)16-13(10,7-17-8)9-4-2-3-5-11(9)14;/h3-5,8,10H,6-7H2,1H3,(H2,15,16);/t8-,10-,13-;/m1./s1. The van der Waals surface area contributed by atoms with Crippen LogP contribution in [0.15, 0.2) is 23.2 Å². The van der Waals surface area contributed by atoms with Gasteiger partial charge in [0, 0.05) is 17.2 Å². The lowest BCUT2D eigenvalue weighted by molar-refractivity contribution is 0.107. The second kappa shape index (κ2) is 4.78. The molecule has 3 nitrogen and oxygen atoms in total. The number of fused-ring (bicyclic) bond motifs is 1. The van der Waals surface area contributed by atoms with Crippen molar-refractivity contribution in [1.82, 2.24) is 0 Å². The smallest absolute Gasteiger partial charge is 0.175 e. The van der Waals surface area contributed by atoms with E-state index in [4.69, 9.17) is 10.5 Å². The van der Waals surface area contributed by atoms with Gasteiger partial charge in [-0.25, -0.2) is 9.38 Å². The normalized spacial score (nSPS) is 33.9. The van der Waals surface area contributed by atoms with Gasteiger partial charge in [-0.2, -0.15) is 0 Å². The first-order chi connectivity index (χ1) is 9.03. The summed E-state index contributed by atoms with van der Waals surface area (Å²) in [5.74, 6) is 0.736. The van der Waals surface area contributed by atoms with Crippen LogP contribution in [0.4, 0.5) is 4.39 Å². The Bertz CT molecular complexity index is 553. The third kappa shape index (κ3) is 2.11. The van der Waals surface area contributed by atoms with Gasteiger partial charge in [0.1, 0.15) is 11.4 Å². The molecule has 2 N–H and O–H groups in total. The van der Waals surface area contributed by atoms with Gasteiger partial charge in [-0.1, -0.05) is 23.9 Å². The van der Waals surface area contributed by atoms with Crippen molar-refractivity contribution in [3.05, 3.63) is 29.6 Å². The largest absolute Gasteiger partial charge is 0.379 e. The highest BCUT2D eigenvalue weighted by Crippen LogP contribution is 2.47. The molecule has 0 amide bonds. The SMILES string of the molecule is C[C@H]1OC[C@]2(c3c[c]([Al])ccc3F)N=C(N)SC[C@H]12. The molecule has 2 heterocycles. The third-order valence-corrected chi connectivity index (χ3v) is 5.20. The highest BCUT2D eigenvalue weighted by atomic mass is 32.2. The molecule has 1 saturated heterocycles. The number of thioether (sulfide) groups is 1. The number of halogens is 1. The Morgan fingerprint density at radius 1 is 1.58 bits per heavy atom. The second-order valence-corrected chi connectivity index (χ2v) is 6.75. The molecule has 0 spiro atoms. The molecule has 2 aliphatic rings. The summed E-state index contributed by atoms with van der Waals surface area (Å²) in [6, 6.07) is 5.06. The minimum Gasteiger partial charge on any atom is -0.379 e. The van der Waals surface area contributed by atoms with Crippen LogP contribution in [-0.4, -0.2) is 39.9 Å². The van der Waals surface area contributed by atoms with Crippen LogP contribution < -0.4 is 10.2 Å². The first-order valence-electron chi connectivity index (χ1n) is 6.18. The number of ether oxygens (including phenoxy) is 1. The van der Waals surface area contributed by atoms with E-state index in [-0.39, 0.29) is 17.8 Å². The summed E-state index contributed by atoms with van der Waals surface area (Å²) in [5, 5.41) is 0.516. The van der Waals surface area contributed by atoms with E-state index in [2.05, 4.69) is 21.3 Å². The summed E-state index contributed by atoms with van der Waals surface area (Å²) in [7, 11) is 0. The molecule has 1 fully saturated rings. The average molecular weight is 292 g/mol. The van der Waals surface area contributed by atoms with Crippen molar-refractivity contribution in [2.75, 3.05) is 12.4 Å². The molecule has 0 aromatic heterocycles. The highest BCUT2D eigenvalue weighted by Gasteiger charge is 2.52. The minimum atomic E-state index is -0.661. The van der Waals surface area contributed by atoms with Gasteiger partial charge in [0.25, 0.3) is 0 Å². The van der Waals surface area contributed by atoms with Gasteiger partial charge in [-0.3, -0.25) is 0 Å². The van der Waals surface area contributed by atoms with Crippen LogP contribution in [0, 0.1) is 11.7 Å². The molecule has 3 atom stereocenters. The maximum absolute atomic E-state index is 14.3. The van der Waals surface area contributed by atoms with E-state index in [1.807, 2.05) is 13.0 Å². The van der Waals surface area contributed by atoms with Crippen LogP contribution in [0.1, 0.15) is 12.5 Å². The van der Waals surface area contributed by atoms with Crippen molar-refractivity contribution < 1.29 is 9.13 Å². The Morgan fingerprint density at radius 3 is 3.16 bits per heavy atom. The number of amidine groups is 1. The first kappa shape index (κ1) is 13.4. The topological polar surface area (TPSA) is 47.6 Å².